The highest BCUT2D eigenvalue weighted by molar-refractivity contribution is 5.21. The van der Waals surface area contributed by atoms with Crippen LogP contribution in [0.5, 0.6) is 0 Å². The zero-order valence-electron chi connectivity index (χ0n) is 6.90. The lowest BCUT2D eigenvalue weighted by Crippen LogP contribution is -2.20. The van der Waals surface area contributed by atoms with E-state index in [1.54, 1.807) is 0 Å². The van der Waals surface area contributed by atoms with Crippen molar-refractivity contribution in [2.45, 2.75) is 18.6 Å². The van der Waals surface area contributed by atoms with Gasteiger partial charge in [-0.25, -0.2) is 0 Å². The quantitative estimate of drug-likeness (QED) is 0.649. The number of aliphatic hydroxyl groups excluding tert-OH is 1. The molecule has 1 saturated heterocycles. The van der Waals surface area contributed by atoms with Crippen LogP contribution in [-0.4, -0.2) is 17.8 Å². The molecule has 2 atom stereocenters. The monoisotopic (exact) mass is 163 g/mol. The number of nitrogens with one attached hydrogen (secondary N) is 1. The van der Waals surface area contributed by atoms with Gasteiger partial charge in [-0.1, -0.05) is 30.3 Å². The van der Waals surface area contributed by atoms with Crippen molar-refractivity contribution in [1.29, 1.82) is 0 Å². The summed E-state index contributed by atoms with van der Waals surface area (Å²) in [5.74, 6) is 0. The molecule has 1 heterocycles. The first-order valence-electron chi connectivity index (χ1n) is 4.34. The number of hydrogen-bond acceptors (Lipinski definition) is 2. The van der Waals surface area contributed by atoms with Gasteiger partial charge in [0.15, 0.2) is 0 Å². The van der Waals surface area contributed by atoms with E-state index in [1.807, 2.05) is 30.3 Å². The van der Waals surface area contributed by atoms with Crippen molar-refractivity contribution >= 4 is 0 Å². The fourth-order valence-electron chi connectivity index (χ4n) is 1.69. The molecule has 2 rings (SSSR count). The van der Waals surface area contributed by atoms with Crippen molar-refractivity contribution in [3.63, 3.8) is 0 Å². The Bertz CT molecular complexity index is 247. The Labute approximate surface area is 72.2 Å². The molecule has 1 aliphatic heterocycles. The van der Waals surface area contributed by atoms with Gasteiger partial charge in [-0.15, -0.1) is 0 Å². The Balaban J connectivity index is 2.19. The number of aliphatic hydroxyl groups is 1. The topological polar surface area (TPSA) is 32.3 Å². The molecule has 0 spiro atoms. The van der Waals surface area contributed by atoms with Crippen LogP contribution in [-0.2, 0) is 0 Å². The van der Waals surface area contributed by atoms with Gasteiger partial charge in [-0.3, -0.25) is 0 Å². The van der Waals surface area contributed by atoms with Crippen LogP contribution in [0.15, 0.2) is 30.3 Å². The Morgan fingerprint density at radius 2 is 2.00 bits per heavy atom. The van der Waals surface area contributed by atoms with Crippen molar-refractivity contribution in [3.8, 4) is 0 Å². The van der Waals surface area contributed by atoms with Crippen molar-refractivity contribution in [1.82, 2.24) is 5.32 Å². The summed E-state index contributed by atoms with van der Waals surface area (Å²) in [7, 11) is 0. The molecule has 12 heavy (non-hydrogen) atoms. The van der Waals surface area contributed by atoms with Gasteiger partial charge in [-0.2, -0.15) is 0 Å². The summed E-state index contributed by atoms with van der Waals surface area (Å²) in [5.41, 5.74) is 1.18. The minimum atomic E-state index is -0.215. The predicted octanol–water partition coefficient (Wildman–Crippen LogP) is 1.08. The molecule has 1 aromatic rings. The third kappa shape index (κ3) is 1.36. The van der Waals surface area contributed by atoms with Crippen LogP contribution in [0.4, 0.5) is 0 Å². The van der Waals surface area contributed by atoms with Gasteiger partial charge in [0.25, 0.3) is 0 Å². The third-order valence-corrected chi connectivity index (χ3v) is 2.35. The molecule has 64 valence electrons. The van der Waals surface area contributed by atoms with Crippen molar-refractivity contribution in [2.24, 2.45) is 0 Å². The summed E-state index contributed by atoms with van der Waals surface area (Å²) in [4.78, 5) is 0. The summed E-state index contributed by atoms with van der Waals surface area (Å²) < 4.78 is 0. The molecule has 0 unspecified atom stereocenters. The molecule has 0 aliphatic carbocycles. The van der Waals surface area contributed by atoms with Crippen molar-refractivity contribution < 1.29 is 5.11 Å². The summed E-state index contributed by atoms with van der Waals surface area (Å²) in [6.45, 7) is 0.917. The lowest BCUT2D eigenvalue weighted by molar-refractivity contribution is 0.160. The van der Waals surface area contributed by atoms with Crippen LogP contribution in [0.25, 0.3) is 0 Å². The highest BCUT2D eigenvalue weighted by Crippen LogP contribution is 2.22. The van der Waals surface area contributed by atoms with Gasteiger partial charge in [-0.05, 0) is 18.5 Å². The fraction of sp³-hybridized carbons (Fsp3) is 0.400. The molecule has 0 saturated carbocycles. The zero-order valence-corrected chi connectivity index (χ0v) is 6.90. The van der Waals surface area contributed by atoms with E-state index in [0.29, 0.717) is 0 Å². The van der Waals surface area contributed by atoms with Crippen LogP contribution in [0, 0.1) is 0 Å². The molecule has 1 aromatic carbocycles. The Morgan fingerprint density at radius 1 is 1.25 bits per heavy atom. The summed E-state index contributed by atoms with van der Waals surface area (Å²) >= 11 is 0. The summed E-state index contributed by atoms with van der Waals surface area (Å²) in [6.07, 6.45) is 0.645. The van der Waals surface area contributed by atoms with Crippen LogP contribution in [0.2, 0.25) is 0 Å². The first-order valence-corrected chi connectivity index (χ1v) is 4.34. The highest BCUT2D eigenvalue weighted by atomic mass is 16.3. The second-order valence-electron chi connectivity index (χ2n) is 3.20. The van der Waals surface area contributed by atoms with Crippen LogP contribution in [0.1, 0.15) is 18.0 Å². The molecule has 2 nitrogen and oxygen atoms in total. The lowest BCUT2D eigenvalue weighted by Gasteiger charge is -2.14. The van der Waals surface area contributed by atoms with Crippen molar-refractivity contribution in [2.75, 3.05) is 6.54 Å². The van der Waals surface area contributed by atoms with E-state index in [1.165, 1.54) is 5.56 Å². The number of hydrogen-bond donors (Lipinski definition) is 2. The fourth-order valence-corrected chi connectivity index (χ4v) is 1.69. The van der Waals surface area contributed by atoms with E-state index in [4.69, 9.17) is 0 Å². The van der Waals surface area contributed by atoms with Crippen LogP contribution in [0.3, 0.4) is 0 Å². The largest absolute Gasteiger partial charge is 0.391 e. The summed E-state index contributed by atoms with van der Waals surface area (Å²) in [5, 5.41) is 12.9. The Hall–Kier alpha value is -0.860. The first kappa shape index (κ1) is 7.77. The van der Waals surface area contributed by atoms with Crippen molar-refractivity contribution in [3.05, 3.63) is 35.9 Å². The van der Waals surface area contributed by atoms with Crippen LogP contribution >= 0.6 is 0 Å². The van der Waals surface area contributed by atoms with Gasteiger partial charge >= 0.3 is 0 Å². The standard InChI is InChI=1S/C10H13NO/c12-9-6-7-11-10(9)8-4-2-1-3-5-8/h1-5,9-12H,6-7H2/t9-,10-/m1/s1. The lowest BCUT2D eigenvalue weighted by atomic mass is 10.0. The van der Waals surface area contributed by atoms with E-state index in [-0.39, 0.29) is 12.1 Å². The second-order valence-corrected chi connectivity index (χ2v) is 3.20. The molecule has 0 amide bonds. The molecule has 2 heteroatoms. The maximum Gasteiger partial charge on any atom is 0.0747 e. The first-order chi connectivity index (χ1) is 5.88. The average Bonchev–Trinajstić information content (AvgIpc) is 2.53. The molecule has 1 aliphatic rings. The number of benzene rings is 1. The number of rotatable bonds is 1. The smallest absolute Gasteiger partial charge is 0.0747 e. The van der Waals surface area contributed by atoms with E-state index < -0.39 is 0 Å². The minimum Gasteiger partial charge on any atom is -0.391 e. The molecular weight excluding hydrogens is 150 g/mol. The van der Waals surface area contributed by atoms with Gasteiger partial charge < -0.3 is 10.4 Å². The summed E-state index contributed by atoms with van der Waals surface area (Å²) in [6, 6.07) is 10.2. The molecule has 2 N–H and O–H groups in total. The molecule has 0 radical (unpaired) electrons. The van der Waals surface area contributed by atoms with Gasteiger partial charge in [0.05, 0.1) is 12.1 Å². The normalized spacial score (nSPS) is 29.1. The van der Waals surface area contributed by atoms with E-state index >= 15 is 0 Å². The average molecular weight is 163 g/mol. The van der Waals surface area contributed by atoms with Gasteiger partial charge in [0.2, 0.25) is 0 Å². The predicted molar refractivity (Wildman–Crippen MR) is 47.8 cm³/mol. The maximum atomic E-state index is 9.58. The maximum absolute atomic E-state index is 9.58. The van der Waals surface area contributed by atoms with E-state index in [2.05, 4.69) is 5.32 Å². The SMILES string of the molecule is O[C@@H]1CCN[C@@H]1c1ccccc1. The highest BCUT2D eigenvalue weighted by Gasteiger charge is 2.25. The van der Waals surface area contributed by atoms with Gasteiger partial charge in [0, 0.05) is 0 Å². The van der Waals surface area contributed by atoms with Gasteiger partial charge in [0.1, 0.15) is 0 Å². The Morgan fingerprint density at radius 3 is 2.58 bits per heavy atom. The Kier molecular flexibility index (Phi) is 2.11. The second kappa shape index (κ2) is 3.25. The van der Waals surface area contributed by atoms with Crippen LogP contribution < -0.4 is 5.32 Å². The molecule has 0 aromatic heterocycles. The molecule has 1 fully saturated rings. The zero-order chi connectivity index (χ0) is 8.39. The minimum absolute atomic E-state index is 0.145. The molecular formula is C10H13NO. The molecule has 0 bridgehead atoms. The third-order valence-electron chi connectivity index (χ3n) is 2.35. The van der Waals surface area contributed by atoms with E-state index in [9.17, 15) is 5.11 Å². The van der Waals surface area contributed by atoms with E-state index in [0.717, 1.165) is 13.0 Å².